The fraction of sp³-hybridized carbons (Fsp3) is 0.680. The summed E-state index contributed by atoms with van der Waals surface area (Å²) >= 11 is 0. The van der Waals surface area contributed by atoms with E-state index in [4.69, 9.17) is 0 Å². The van der Waals surface area contributed by atoms with Crippen molar-refractivity contribution in [2.75, 3.05) is 0 Å². The lowest BCUT2D eigenvalue weighted by molar-refractivity contribution is 0.327. The summed E-state index contributed by atoms with van der Waals surface area (Å²) in [6.07, 6.45) is 17.0. The molecule has 3 nitrogen and oxygen atoms in total. The maximum Gasteiger partial charge on any atom is 0.113 e. The second-order valence-electron chi connectivity index (χ2n) is 9.97. The van der Waals surface area contributed by atoms with Crippen LogP contribution in [0.2, 0.25) is 25.7 Å². The quantitative estimate of drug-likeness (QED) is 0.168. The van der Waals surface area contributed by atoms with E-state index in [9.17, 15) is 0 Å². The minimum atomic E-state index is -1.31. The molecule has 0 saturated heterocycles. The zero-order chi connectivity index (χ0) is 21.2. The van der Waals surface area contributed by atoms with Crippen LogP contribution in [-0.4, -0.2) is 23.1 Å². The highest BCUT2D eigenvalue weighted by molar-refractivity contribution is 6.76. The van der Waals surface area contributed by atoms with Crippen molar-refractivity contribution in [3.8, 4) is 0 Å². The van der Waals surface area contributed by atoms with Gasteiger partial charge in [0.1, 0.15) is 5.52 Å². The van der Waals surface area contributed by atoms with E-state index in [1.165, 1.54) is 64.2 Å². The summed E-state index contributed by atoms with van der Waals surface area (Å²) in [6, 6.07) is 9.50. The van der Waals surface area contributed by atoms with Crippen LogP contribution in [0.1, 0.15) is 77.6 Å². The van der Waals surface area contributed by atoms with Crippen LogP contribution < -0.4 is 0 Å². The number of allylic oxidation sites excluding steroid dienone is 1. The van der Waals surface area contributed by atoms with Crippen molar-refractivity contribution < 1.29 is 0 Å². The molecule has 2 rings (SSSR count). The Balaban J connectivity index is 1.94. The van der Waals surface area contributed by atoms with Crippen LogP contribution in [0.3, 0.4) is 0 Å². The number of hydrogen-bond donors (Lipinski definition) is 0. The third-order valence-corrected chi connectivity index (χ3v) is 7.63. The largest absolute Gasteiger partial charge is 0.235 e. The average molecular weight is 414 g/mol. The van der Waals surface area contributed by atoms with Gasteiger partial charge in [0.05, 0.1) is 11.1 Å². The number of benzene rings is 1. The lowest BCUT2D eigenvalue weighted by atomic mass is 9.93. The first-order valence-electron chi connectivity index (χ1n) is 11.9. The van der Waals surface area contributed by atoms with Gasteiger partial charge in [0.15, 0.2) is 0 Å². The van der Waals surface area contributed by atoms with Crippen LogP contribution >= 0.6 is 0 Å². The number of hydrogen-bond acceptors (Lipinski definition) is 2. The van der Waals surface area contributed by atoms with Crippen molar-refractivity contribution in [2.24, 2.45) is 0 Å². The van der Waals surface area contributed by atoms with Gasteiger partial charge in [-0.25, -0.2) is 4.68 Å². The Kier molecular flexibility index (Phi) is 9.61. The number of aromatic nitrogens is 3. The summed E-state index contributed by atoms with van der Waals surface area (Å²) < 4.78 is 2.18. The molecule has 1 aromatic heterocycles. The van der Waals surface area contributed by atoms with Crippen molar-refractivity contribution >= 4 is 19.1 Å². The molecule has 0 amide bonds. The molecule has 0 aliphatic carbocycles. The van der Waals surface area contributed by atoms with Gasteiger partial charge in [-0.15, -0.1) is 11.7 Å². The molecule has 0 bridgehead atoms. The maximum atomic E-state index is 4.60. The number of rotatable bonds is 15. The Bertz CT molecular complexity index is 731. The molecule has 0 fully saturated rings. The minimum Gasteiger partial charge on any atom is -0.235 e. The summed E-state index contributed by atoms with van der Waals surface area (Å²) in [5, 5.41) is 9.05. The molecule has 1 unspecified atom stereocenters. The molecule has 1 atom stereocenters. The summed E-state index contributed by atoms with van der Waals surface area (Å²) in [7, 11) is -1.31. The Morgan fingerprint density at radius 2 is 1.52 bits per heavy atom. The fourth-order valence-corrected chi connectivity index (χ4v) is 6.87. The van der Waals surface area contributed by atoms with E-state index < -0.39 is 8.07 Å². The normalized spacial score (nSPS) is 14.2. The minimum absolute atomic E-state index is 0.110. The summed E-state index contributed by atoms with van der Waals surface area (Å²) in [4.78, 5) is 0. The van der Waals surface area contributed by atoms with Crippen LogP contribution in [-0.2, 0) is 5.54 Å². The molecular weight excluding hydrogens is 370 g/mol. The van der Waals surface area contributed by atoms with Crippen LogP contribution in [0.5, 0.6) is 0 Å². The number of unbranched alkanes of at least 4 members (excludes halogenated alkanes) is 9. The SMILES string of the molecule is C=CC(CCCCCCCCCCCC)(C[Si](C)(C)C)n1nnc2ccccc21. The van der Waals surface area contributed by atoms with Gasteiger partial charge in [-0.3, -0.25) is 0 Å². The number of nitrogens with zero attached hydrogens (tertiary/aromatic N) is 3. The summed E-state index contributed by atoms with van der Waals surface area (Å²) in [5.41, 5.74) is 2.01. The highest BCUT2D eigenvalue weighted by Gasteiger charge is 2.36. The molecule has 0 N–H and O–H groups in total. The Morgan fingerprint density at radius 1 is 0.931 bits per heavy atom. The zero-order valence-electron chi connectivity index (χ0n) is 19.4. The van der Waals surface area contributed by atoms with Crippen molar-refractivity contribution in [3.05, 3.63) is 36.9 Å². The van der Waals surface area contributed by atoms with Gasteiger partial charge < -0.3 is 0 Å². The molecule has 0 saturated carbocycles. The van der Waals surface area contributed by atoms with Gasteiger partial charge in [-0.1, -0.05) is 114 Å². The monoisotopic (exact) mass is 413 g/mol. The predicted octanol–water partition coefficient (Wildman–Crippen LogP) is 7.96. The molecule has 0 spiro atoms. The topological polar surface area (TPSA) is 30.7 Å². The molecule has 0 aliphatic heterocycles. The highest BCUT2D eigenvalue weighted by atomic mass is 28.3. The third kappa shape index (κ3) is 7.40. The number of fused-ring (bicyclic) bond motifs is 1. The first-order chi connectivity index (χ1) is 13.9. The Labute approximate surface area is 180 Å². The van der Waals surface area contributed by atoms with Crippen molar-refractivity contribution in [1.29, 1.82) is 0 Å². The van der Waals surface area contributed by atoms with Crippen LogP contribution in [0.15, 0.2) is 36.9 Å². The van der Waals surface area contributed by atoms with E-state index in [2.05, 4.69) is 72.4 Å². The standard InChI is InChI=1S/C25H43N3Si/c1-6-8-9-10-11-12-13-14-15-18-21-25(7-2,22-29(3,4)5)28-24-20-17-16-19-23(24)26-27-28/h7,16-17,19-20H,2,6,8-15,18,21-22H2,1,3-5H3. The van der Waals surface area contributed by atoms with Gasteiger partial charge in [-0.2, -0.15) is 0 Å². The van der Waals surface area contributed by atoms with E-state index in [-0.39, 0.29) is 5.54 Å². The molecular formula is C25H43N3Si. The molecule has 162 valence electrons. The van der Waals surface area contributed by atoms with E-state index >= 15 is 0 Å². The van der Waals surface area contributed by atoms with Crippen molar-refractivity contribution in [3.63, 3.8) is 0 Å². The van der Waals surface area contributed by atoms with E-state index in [0.717, 1.165) is 23.5 Å². The van der Waals surface area contributed by atoms with Gasteiger partial charge >= 0.3 is 0 Å². The molecule has 0 aliphatic rings. The summed E-state index contributed by atoms with van der Waals surface area (Å²) in [6.45, 7) is 13.9. The lowest BCUT2D eigenvalue weighted by Crippen LogP contribution is -2.40. The van der Waals surface area contributed by atoms with Crippen molar-refractivity contribution in [2.45, 2.75) is 109 Å². The van der Waals surface area contributed by atoms with Gasteiger partial charge in [-0.05, 0) is 24.6 Å². The van der Waals surface area contributed by atoms with Crippen LogP contribution in [0, 0.1) is 0 Å². The molecule has 0 radical (unpaired) electrons. The highest BCUT2D eigenvalue weighted by Crippen LogP contribution is 2.36. The molecule has 29 heavy (non-hydrogen) atoms. The van der Waals surface area contributed by atoms with Gasteiger partial charge in [0.25, 0.3) is 0 Å². The first kappa shape index (κ1) is 23.9. The molecule has 1 aromatic carbocycles. The second-order valence-corrected chi connectivity index (χ2v) is 15.4. The van der Waals surface area contributed by atoms with Gasteiger partial charge in [0, 0.05) is 8.07 Å². The Hall–Kier alpha value is -1.42. The maximum absolute atomic E-state index is 4.60. The van der Waals surface area contributed by atoms with Gasteiger partial charge in [0.2, 0.25) is 0 Å². The zero-order valence-corrected chi connectivity index (χ0v) is 20.4. The smallest absolute Gasteiger partial charge is 0.113 e. The van der Waals surface area contributed by atoms with E-state index in [1.807, 2.05) is 6.07 Å². The lowest BCUT2D eigenvalue weighted by Gasteiger charge is -2.36. The molecule has 2 aromatic rings. The van der Waals surface area contributed by atoms with E-state index in [0.29, 0.717) is 0 Å². The average Bonchev–Trinajstić information content (AvgIpc) is 3.12. The predicted molar refractivity (Wildman–Crippen MR) is 130 cm³/mol. The summed E-state index contributed by atoms with van der Waals surface area (Å²) in [5.74, 6) is 0. The fourth-order valence-electron chi connectivity index (χ4n) is 4.56. The van der Waals surface area contributed by atoms with Crippen LogP contribution in [0.25, 0.3) is 11.0 Å². The van der Waals surface area contributed by atoms with Crippen molar-refractivity contribution in [1.82, 2.24) is 15.0 Å². The second kappa shape index (κ2) is 11.7. The van der Waals surface area contributed by atoms with E-state index in [1.54, 1.807) is 0 Å². The number of para-hydroxylation sites is 1. The first-order valence-corrected chi connectivity index (χ1v) is 15.6. The third-order valence-electron chi connectivity index (χ3n) is 5.95. The Morgan fingerprint density at radius 3 is 2.10 bits per heavy atom. The molecule has 1 heterocycles. The van der Waals surface area contributed by atoms with Crippen LogP contribution in [0.4, 0.5) is 0 Å². The molecule has 4 heteroatoms.